The summed E-state index contributed by atoms with van der Waals surface area (Å²) in [5, 5.41) is 0. The zero-order valence-electron chi connectivity index (χ0n) is 49.6. The fourth-order valence-electron chi connectivity index (χ4n) is 6.83. The molecule has 12 nitrogen and oxygen atoms in total. The molecule has 0 N–H and O–H groups in total. The van der Waals surface area contributed by atoms with Crippen LogP contribution in [0.4, 0.5) is 0 Å². The Morgan fingerprint density at radius 3 is 0.363 bits per heavy atom. The predicted molar refractivity (Wildman–Crippen MR) is 428 cm³/mol. The zero-order valence-corrected chi connectivity index (χ0v) is 49.6. The van der Waals surface area contributed by atoms with Crippen LogP contribution in [0.25, 0.3) is 0 Å². The summed E-state index contributed by atoms with van der Waals surface area (Å²) in [7, 11) is 3.86. The van der Waals surface area contributed by atoms with E-state index in [9.17, 15) is 28.8 Å². The van der Waals surface area contributed by atoms with E-state index in [4.69, 9.17) is 0 Å². The van der Waals surface area contributed by atoms with E-state index in [1.807, 2.05) is 0 Å². The number of esters is 6. The van der Waals surface area contributed by atoms with Crippen LogP contribution in [0.3, 0.4) is 0 Å². The minimum absolute atomic E-state index is 0. The molecule has 0 radical (unpaired) electrons. The molecule has 0 saturated heterocycles. The van der Waals surface area contributed by atoms with Gasteiger partial charge in [-0.3, -0.25) is 28.8 Å². The molecule has 12 heteroatoms. The van der Waals surface area contributed by atoms with E-state index >= 15 is 0 Å². The lowest BCUT2D eigenvalue weighted by atomic mass is 10.1. The Labute approximate surface area is 585 Å². The van der Waals surface area contributed by atoms with Crippen molar-refractivity contribution in [3.63, 3.8) is 0 Å². The average molecular weight is 1340 g/mol. The first-order chi connectivity index (χ1) is 34.8. The molecule has 0 rings (SSSR count). The first-order valence-corrected chi connectivity index (χ1v) is 29.5. The summed E-state index contributed by atoms with van der Waals surface area (Å²) in [4.78, 5) is 63.4. The average Bonchev–Trinajstić information content (AvgIpc) is 3.38. The second-order valence-corrected chi connectivity index (χ2v) is 18.2. The Hall–Kier alpha value is -3.18. The number of methoxy groups -OCH3 is 3. The highest BCUT2D eigenvalue weighted by molar-refractivity contribution is 5.78. The molecular weight excluding hydrogens is 1140 g/mol. The van der Waals surface area contributed by atoms with Gasteiger partial charge in [-0.15, -0.1) is 0 Å². The van der Waals surface area contributed by atoms with Crippen LogP contribution in [0.1, 0.15) is 454 Å². The van der Waals surface area contributed by atoms with E-state index in [2.05, 4.69) is 70.0 Å². The van der Waals surface area contributed by atoms with Crippen LogP contribution in [-0.2, 0) is 57.2 Å². The van der Waals surface area contributed by atoms with Crippen molar-refractivity contribution in [1.82, 2.24) is 0 Å². The molecule has 0 unspecified atom stereocenters. The molecule has 0 fully saturated rings. The lowest BCUT2D eigenvalue weighted by Gasteiger charge is -2.01. The van der Waals surface area contributed by atoms with Crippen LogP contribution in [0, 0.1) is 0 Å². The Morgan fingerprint density at radius 2 is 0.275 bits per heavy atom. The molecule has 0 aromatic carbocycles. The molecule has 0 aromatic heterocycles. The fourth-order valence-corrected chi connectivity index (χ4v) is 6.83. The molecule has 0 saturated carbocycles. The highest BCUT2D eigenvalue weighted by Gasteiger charge is 2.08. The van der Waals surface area contributed by atoms with Crippen molar-refractivity contribution < 1.29 is 57.2 Å². The minimum atomic E-state index is -0.391. The van der Waals surface area contributed by atoms with Gasteiger partial charge in [-0.25, -0.2) is 0 Å². The van der Waals surface area contributed by atoms with Gasteiger partial charge in [0.25, 0.3) is 0 Å². The van der Waals surface area contributed by atoms with Gasteiger partial charge in [-0.1, -0.05) is 395 Å². The van der Waals surface area contributed by atoms with Crippen LogP contribution in [0.15, 0.2) is 0 Å². The molecular formula is C79H196O12. The van der Waals surface area contributed by atoms with Gasteiger partial charge in [0.1, 0.15) is 0 Å². The van der Waals surface area contributed by atoms with Gasteiger partial charge in [0.05, 0.1) is 79.7 Å². The lowest BCUT2D eigenvalue weighted by molar-refractivity contribution is -0.148. The Balaban J connectivity index is -0.0000000240. The molecule has 0 aliphatic heterocycles. The summed E-state index contributed by atoms with van der Waals surface area (Å²) in [5.74, 6) is -2.26. The zero-order chi connectivity index (χ0) is 55.4. The highest BCUT2D eigenvalue weighted by Crippen LogP contribution is 2.13. The number of unbranched alkanes of at least 4 members (excludes halogenated alkanes) is 30. The molecule has 91 heavy (non-hydrogen) atoms. The lowest BCUT2D eigenvalue weighted by Crippen LogP contribution is -2.08. The monoisotopic (exact) mass is 1340 g/mol. The third kappa shape index (κ3) is 193. The summed E-state index contributed by atoms with van der Waals surface area (Å²) >= 11 is 0. The van der Waals surface area contributed by atoms with Crippen LogP contribution in [-0.4, -0.2) is 77.0 Å². The standard InChI is InChI=1S/C14H30.C13H28.C12H26.3C7H12O4.19CH4/c1-3-5-7-9-11-13-14-12-10-8-6-4-2;1-3-5-7-9-11-13-12-10-8-6-4-2;1-3-5-7-9-11-12-10-8-6-4-2;3*1-3-11-7(9)5-4-6(8)10-2;;;;;;;;;;;;;;;;;;;/h3-14H2,1-2H3;3-13H2,1-2H3;3-12H2,1-2H3;3*3-5H2,1-2H3;19*1H4. The van der Waals surface area contributed by atoms with Crippen molar-refractivity contribution in [3.8, 4) is 0 Å². The molecule has 0 aliphatic rings. The molecule has 0 spiro atoms. The number of carbonyl (C=O) groups is 6. The number of rotatable bonds is 42. The summed E-state index contributed by atoms with van der Waals surface area (Å²) in [6.45, 7) is 19.9. The first kappa shape index (κ1) is 168. The SMILES string of the molecule is C.C.C.C.C.C.C.C.C.C.C.C.C.C.C.C.C.C.C.CCCCCCCCCCCC.CCCCCCCCCCCCC.CCCCCCCCCCCCCC.CCOC(=O)CCC(=O)OC.CCOC(=O)CCC(=O)OC.CCOC(=O)CCC(=O)OC. The van der Waals surface area contributed by atoms with Crippen molar-refractivity contribution in [2.75, 3.05) is 41.2 Å². The highest BCUT2D eigenvalue weighted by atomic mass is 16.5. The summed E-state index contributed by atoms with van der Waals surface area (Å²) < 4.78 is 26.8. The molecule has 0 atom stereocenters. The van der Waals surface area contributed by atoms with Gasteiger partial charge in [0, 0.05) is 0 Å². The van der Waals surface area contributed by atoms with E-state index in [1.165, 1.54) is 233 Å². The largest absolute Gasteiger partial charge is 0.469 e. The molecule has 584 valence electrons. The number of carbonyl (C=O) groups excluding carboxylic acids is 6. The second kappa shape index (κ2) is 162. The van der Waals surface area contributed by atoms with E-state index in [0.29, 0.717) is 19.8 Å². The Bertz CT molecular complexity index is 988. The van der Waals surface area contributed by atoms with Gasteiger partial charge in [0.15, 0.2) is 0 Å². The summed E-state index contributed by atoms with van der Waals surface area (Å²) in [5.41, 5.74) is 0. The second-order valence-electron chi connectivity index (χ2n) is 18.2. The maximum atomic E-state index is 10.6. The fraction of sp³-hybridized carbons (Fsp3) is 0.924. The Kier molecular flexibility index (Phi) is 299. The van der Waals surface area contributed by atoms with Gasteiger partial charge in [0.2, 0.25) is 0 Å². The van der Waals surface area contributed by atoms with E-state index in [0.717, 1.165) is 0 Å². The Morgan fingerprint density at radius 1 is 0.176 bits per heavy atom. The third-order valence-corrected chi connectivity index (χ3v) is 11.3. The van der Waals surface area contributed by atoms with E-state index in [-0.39, 0.29) is 198 Å². The molecule has 0 amide bonds. The van der Waals surface area contributed by atoms with Crippen LogP contribution < -0.4 is 0 Å². The van der Waals surface area contributed by atoms with Crippen molar-refractivity contribution in [2.45, 2.75) is 454 Å². The maximum Gasteiger partial charge on any atom is 0.306 e. The number of ether oxygens (including phenoxy) is 6. The smallest absolute Gasteiger partial charge is 0.306 e. The van der Waals surface area contributed by atoms with Gasteiger partial charge < -0.3 is 28.4 Å². The van der Waals surface area contributed by atoms with Crippen molar-refractivity contribution in [1.29, 1.82) is 0 Å². The predicted octanol–water partition coefficient (Wildman–Crippen LogP) is 29.5. The van der Waals surface area contributed by atoms with Crippen molar-refractivity contribution in [3.05, 3.63) is 0 Å². The minimum Gasteiger partial charge on any atom is -0.469 e. The van der Waals surface area contributed by atoms with Crippen LogP contribution >= 0.6 is 0 Å². The number of hydrogen-bond donors (Lipinski definition) is 0. The quantitative estimate of drug-likeness (QED) is 0.0324. The maximum absolute atomic E-state index is 10.6. The molecule has 0 aromatic rings. The normalized spacial score (nSPS) is 7.78. The van der Waals surface area contributed by atoms with Gasteiger partial charge in [-0.05, 0) is 20.8 Å². The summed E-state index contributed by atoms with van der Waals surface area (Å²) in [6, 6.07) is 0. The van der Waals surface area contributed by atoms with E-state index < -0.39 is 17.9 Å². The van der Waals surface area contributed by atoms with Gasteiger partial charge in [-0.2, -0.15) is 0 Å². The topological polar surface area (TPSA) is 158 Å². The number of hydrogen-bond acceptors (Lipinski definition) is 12. The van der Waals surface area contributed by atoms with E-state index in [1.54, 1.807) is 20.8 Å². The third-order valence-electron chi connectivity index (χ3n) is 11.3. The van der Waals surface area contributed by atoms with Crippen LogP contribution in [0.5, 0.6) is 0 Å². The van der Waals surface area contributed by atoms with Gasteiger partial charge >= 0.3 is 35.8 Å². The molecule has 0 aliphatic carbocycles. The first-order valence-electron chi connectivity index (χ1n) is 29.5. The van der Waals surface area contributed by atoms with Crippen molar-refractivity contribution in [2.24, 2.45) is 0 Å². The molecule has 0 heterocycles. The molecule has 0 bridgehead atoms. The van der Waals surface area contributed by atoms with Crippen LogP contribution in [0.2, 0.25) is 0 Å². The van der Waals surface area contributed by atoms with Crippen molar-refractivity contribution >= 4 is 35.8 Å². The summed E-state index contributed by atoms with van der Waals surface area (Å²) in [6.07, 6.45) is 48.4.